The summed E-state index contributed by atoms with van der Waals surface area (Å²) in [7, 11) is 1.76. The average molecular weight is 483 g/mol. The van der Waals surface area contributed by atoms with E-state index in [0.29, 0.717) is 33.1 Å². The smallest absolute Gasteiger partial charge is 0.339 e. The number of aromatic nitrogens is 3. The Balaban J connectivity index is 1.64. The zero-order chi connectivity index (χ0) is 23.7. The Kier molecular flexibility index (Phi) is 6.35. The number of hydrogen-bond acceptors (Lipinski definition) is 5. The Hall–Kier alpha value is -3.42. The van der Waals surface area contributed by atoms with Gasteiger partial charge in [-0.05, 0) is 32.0 Å². The lowest BCUT2D eigenvalue weighted by Gasteiger charge is -2.15. The standard InChI is InChI=1S/C24H20Cl2N4O3/c1-13-20-16(12-19(15-8-5-4-6-9-15)27-22(20)30(3)29-13)24(32)33-14(2)23(31)28-18-11-7-10-17(25)21(18)26/h4-12,14H,1-3H3,(H,28,31). The number of nitrogens with one attached hydrogen (secondary N) is 1. The predicted molar refractivity (Wildman–Crippen MR) is 129 cm³/mol. The number of carbonyl (C=O) groups is 2. The highest BCUT2D eigenvalue weighted by Gasteiger charge is 2.24. The highest BCUT2D eigenvalue weighted by molar-refractivity contribution is 6.44. The molecule has 2 aromatic heterocycles. The van der Waals surface area contributed by atoms with Gasteiger partial charge in [0.15, 0.2) is 11.8 Å². The van der Waals surface area contributed by atoms with Crippen molar-refractivity contribution >= 4 is 51.8 Å². The summed E-state index contributed by atoms with van der Waals surface area (Å²) in [6.45, 7) is 3.28. The number of hydrogen-bond donors (Lipinski definition) is 1. The van der Waals surface area contributed by atoms with Crippen molar-refractivity contribution in [3.8, 4) is 11.3 Å². The van der Waals surface area contributed by atoms with Crippen LogP contribution in [0.25, 0.3) is 22.3 Å². The molecule has 0 aliphatic rings. The summed E-state index contributed by atoms with van der Waals surface area (Å²) in [6.07, 6.45) is -1.09. The average Bonchev–Trinajstić information content (AvgIpc) is 3.10. The molecule has 0 saturated heterocycles. The van der Waals surface area contributed by atoms with E-state index in [1.54, 1.807) is 42.9 Å². The Morgan fingerprint density at radius 3 is 2.55 bits per heavy atom. The normalized spacial score (nSPS) is 11.9. The van der Waals surface area contributed by atoms with E-state index in [2.05, 4.69) is 15.4 Å². The summed E-state index contributed by atoms with van der Waals surface area (Å²) in [4.78, 5) is 30.5. The number of anilines is 1. The van der Waals surface area contributed by atoms with E-state index in [0.717, 1.165) is 5.56 Å². The summed E-state index contributed by atoms with van der Waals surface area (Å²) >= 11 is 12.1. The fourth-order valence-corrected chi connectivity index (χ4v) is 3.82. The van der Waals surface area contributed by atoms with Crippen molar-refractivity contribution in [3.63, 3.8) is 0 Å². The quantitative estimate of drug-likeness (QED) is 0.383. The summed E-state index contributed by atoms with van der Waals surface area (Å²) in [6, 6.07) is 16.0. The van der Waals surface area contributed by atoms with Crippen LogP contribution in [-0.4, -0.2) is 32.7 Å². The largest absolute Gasteiger partial charge is 0.449 e. The monoisotopic (exact) mass is 482 g/mol. The molecular weight excluding hydrogens is 463 g/mol. The Morgan fingerprint density at radius 2 is 1.82 bits per heavy atom. The molecule has 168 valence electrons. The zero-order valence-corrected chi connectivity index (χ0v) is 19.6. The molecule has 4 rings (SSSR count). The van der Waals surface area contributed by atoms with Crippen LogP contribution < -0.4 is 5.32 Å². The molecule has 33 heavy (non-hydrogen) atoms. The van der Waals surface area contributed by atoms with Gasteiger partial charge < -0.3 is 10.1 Å². The van der Waals surface area contributed by atoms with Crippen molar-refractivity contribution < 1.29 is 14.3 Å². The number of fused-ring (bicyclic) bond motifs is 1. The molecule has 0 aliphatic carbocycles. The van der Waals surface area contributed by atoms with Gasteiger partial charge in [-0.15, -0.1) is 0 Å². The second kappa shape index (κ2) is 9.21. The van der Waals surface area contributed by atoms with Gasteiger partial charge >= 0.3 is 5.97 Å². The van der Waals surface area contributed by atoms with Crippen molar-refractivity contribution in [3.05, 3.63) is 75.9 Å². The van der Waals surface area contributed by atoms with E-state index in [9.17, 15) is 9.59 Å². The molecule has 7 nitrogen and oxygen atoms in total. The number of benzene rings is 2. The highest BCUT2D eigenvalue weighted by Crippen LogP contribution is 2.30. The topological polar surface area (TPSA) is 86.1 Å². The van der Waals surface area contributed by atoms with Crippen LogP contribution in [-0.2, 0) is 16.6 Å². The maximum atomic E-state index is 13.2. The van der Waals surface area contributed by atoms with Gasteiger partial charge in [0, 0.05) is 12.6 Å². The number of esters is 1. The molecule has 0 fully saturated rings. The molecule has 2 heterocycles. The predicted octanol–water partition coefficient (Wildman–Crippen LogP) is 5.43. The molecule has 1 unspecified atom stereocenters. The van der Waals surface area contributed by atoms with Crippen LogP contribution in [0.2, 0.25) is 10.0 Å². The molecular formula is C24H20Cl2N4O3. The minimum absolute atomic E-state index is 0.209. The summed E-state index contributed by atoms with van der Waals surface area (Å²) in [5.74, 6) is -1.19. The van der Waals surface area contributed by atoms with Gasteiger partial charge in [-0.2, -0.15) is 5.10 Å². The number of ether oxygens (including phenoxy) is 1. The van der Waals surface area contributed by atoms with Gasteiger partial charge in [0.05, 0.1) is 38.1 Å². The molecule has 1 amide bonds. The Labute approximate surface area is 200 Å². The third-order valence-electron chi connectivity index (χ3n) is 5.12. The third-order valence-corrected chi connectivity index (χ3v) is 5.94. The summed E-state index contributed by atoms with van der Waals surface area (Å²) < 4.78 is 7.13. The van der Waals surface area contributed by atoms with Gasteiger partial charge in [-0.25, -0.2) is 9.78 Å². The van der Waals surface area contributed by atoms with Crippen LogP contribution >= 0.6 is 23.2 Å². The summed E-state index contributed by atoms with van der Waals surface area (Å²) in [5.41, 5.74) is 3.23. The van der Waals surface area contributed by atoms with Crippen LogP contribution in [0.15, 0.2) is 54.6 Å². The first kappa shape index (κ1) is 22.8. The fraction of sp³-hybridized carbons (Fsp3) is 0.167. The SMILES string of the molecule is Cc1nn(C)c2nc(-c3ccccc3)cc(C(=O)OC(C)C(=O)Nc3cccc(Cl)c3Cl)c12. The van der Waals surface area contributed by atoms with Crippen molar-refractivity contribution in [1.82, 2.24) is 14.8 Å². The number of carbonyl (C=O) groups excluding carboxylic acids is 2. The lowest BCUT2D eigenvalue weighted by atomic mass is 10.1. The molecule has 0 aliphatic heterocycles. The van der Waals surface area contributed by atoms with Crippen LogP contribution in [0.3, 0.4) is 0 Å². The first-order chi connectivity index (χ1) is 15.8. The Morgan fingerprint density at radius 1 is 1.09 bits per heavy atom. The number of rotatable bonds is 5. The minimum Gasteiger partial charge on any atom is -0.449 e. The van der Waals surface area contributed by atoms with E-state index < -0.39 is 18.0 Å². The number of nitrogens with zero attached hydrogens (tertiary/aromatic N) is 3. The second-order valence-corrected chi connectivity index (χ2v) is 8.25. The van der Waals surface area contributed by atoms with Crippen LogP contribution in [0.1, 0.15) is 23.0 Å². The molecule has 2 aromatic carbocycles. The van der Waals surface area contributed by atoms with Gasteiger partial charge in [0.2, 0.25) is 0 Å². The molecule has 9 heteroatoms. The van der Waals surface area contributed by atoms with Gasteiger partial charge in [0.25, 0.3) is 5.91 Å². The fourth-order valence-electron chi connectivity index (χ4n) is 3.47. The Bertz CT molecular complexity index is 1370. The van der Waals surface area contributed by atoms with Crippen LogP contribution in [0.4, 0.5) is 5.69 Å². The van der Waals surface area contributed by atoms with E-state index >= 15 is 0 Å². The third kappa shape index (κ3) is 4.55. The minimum atomic E-state index is -1.09. The first-order valence-corrected chi connectivity index (χ1v) is 10.9. The maximum absolute atomic E-state index is 13.2. The number of amides is 1. The van der Waals surface area contributed by atoms with E-state index in [4.69, 9.17) is 27.9 Å². The molecule has 1 atom stereocenters. The van der Waals surface area contributed by atoms with E-state index in [1.165, 1.54) is 6.92 Å². The maximum Gasteiger partial charge on any atom is 0.339 e. The molecule has 1 N–H and O–H groups in total. The van der Waals surface area contributed by atoms with Gasteiger partial charge in [-0.3, -0.25) is 9.48 Å². The lowest BCUT2D eigenvalue weighted by molar-refractivity contribution is -0.123. The number of aryl methyl sites for hydroxylation is 2. The highest BCUT2D eigenvalue weighted by atomic mass is 35.5. The molecule has 0 bridgehead atoms. The molecule has 0 saturated carbocycles. The van der Waals surface area contributed by atoms with E-state index in [-0.39, 0.29) is 10.6 Å². The zero-order valence-electron chi connectivity index (χ0n) is 18.1. The van der Waals surface area contributed by atoms with E-state index in [1.807, 2.05) is 30.3 Å². The van der Waals surface area contributed by atoms with Gasteiger partial charge in [-0.1, -0.05) is 59.6 Å². The van der Waals surface area contributed by atoms with Crippen LogP contribution in [0.5, 0.6) is 0 Å². The lowest BCUT2D eigenvalue weighted by Crippen LogP contribution is -2.30. The number of pyridine rings is 1. The van der Waals surface area contributed by atoms with Crippen molar-refractivity contribution in [2.24, 2.45) is 7.05 Å². The number of halogens is 2. The second-order valence-electron chi connectivity index (χ2n) is 7.47. The van der Waals surface area contributed by atoms with Crippen molar-refractivity contribution in [2.75, 3.05) is 5.32 Å². The van der Waals surface area contributed by atoms with Crippen LogP contribution in [0, 0.1) is 6.92 Å². The molecule has 0 radical (unpaired) electrons. The summed E-state index contributed by atoms with van der Waals surface area (Å²) in [5, 5.41) is 8.12. The molecule has 4 aromatic rings. The van der Waals surface area contributed by atoms with Crippen molar-refractivity contribution in [1.29, 1.82) is 0 Å². The first-order valence-electron chi connectivity index (χ1n) is 10.1. The van der Waals surface area contributed by atoms with Crippen molar-refractivity contribution in [2.45, 2.75) is 20.0 Å². The van der Waals surface area contributed by atoms with Gasteiger partial charge in [0.1, 0.15) is 0 Å². The molecule has 0 spiro atoms.